The second-order valence-corrected chi connectivity index (χ2v) is 13.2. The van der Waals surface area contributed by atoms with E-state index in [9.17, 15) is 46.3 Å². The Morgan fingerprint density at radius 2 is 1.14 bits per heavy atom. The van der Waals surface area contributed by atoms with Gasteiger partial charge in [-0.05, 0) is 27.7 Å². The quantitative estimate of drug-likeness (QED) is 0.0276. The number of imide groups is 1. The van der Waals surface area contributed by atoms with Gasteiger partial charge in [-0.3, -0.25) is 14.5 Å². The predicted molar refractivity (Wildman–Crippen MR) is 278 cm³/mol. The SMILES string of the molecule is C.C.C=C(C(=O)OC)C(F)(F)F.C=C(C)C(=O)OC.C=C(F)C(=O)OC.C=CC.C=CC.C=CC(=O)OC.C=CCOC.C=COC.CC1CO1.CN1C(=O)C=CC1=O.COCC1(C)COC1.COCC1CO1. The fraction of sp³-hybridized carbons (Fsp3) is 0.529. The van der Waals surface area contributed by atoms with E-state index in [-0.39, 0.29) is 32.6 Å². The summed E-state index contributed by atoms with van der Waals surface area (Å²) in [5.74, 6) is -4.75. The summed E-state index contributed by atoms with van der Waals surface area (Å²) in [5, 5.41) is 0. The van der Waals surface area contributed by atoms with E-state index in [1.54, 1.807) is 53.6 Å². The van der Waals surface area contributed by atoms with Crippen molar-refractivity contribution in [2.24, 2.45) is 5.41 Å². The number of methoxy groups -OCH3 is 8. The van der Waals surface area contributed by atoms with Gasteiger partial charge in [-0.15, -0.1) is 19.7 Å². The van der Waals surface area contributed by atoms with E-state index in [1.807, 2.05) is 13.8 Å². The molecule has 0 bridgehead atoms. The van der Waals surface area contributed by atoms with Gasteiger partial charge in [-0.2, -0.15) is 17.6 Å². The highest BCUT2D eigenvalue weighted by Crippen LogP contribution is 2.26. The van der Waals surface area contributed by atoms with Crippen molar-refractivity contribution < 1.29 is 98.4 Å². The molecule has 428 valence electrons. The van der Waals surface area contributed by atoms with E-state index in [2.05, 4.69) is 94.9 Å². The topological polar surface area (TPSA) is 214 Å². The summed E-state index contributed by atoms with van der Waals surface area (Å²) in [6.45, 7) is 40.5. The summed E-state index contributed by atoms with van der Waals surface area (Å²) in [4.78, 5) is 61.8. The number of hydrogen-bond donors (Lipinski definition) is 0. The van der Waals surface area contributed by atoms with Crippen LogP contribution in [0.4, 0.5) is 17.6 Å². The summed E-state index contributed by atoms with van der Waals surface area (Å²) in [6, 6.07) is 0. The average Bonchev–Trinajstić information content (AvgIpc) is 4.28. The summed E-state index contributed by atoms with van der Waals surface area (Å²) in [5.41, 5.74) is -0.730. The van der Waals surface area contributed by atoms with Crippen molar-refractivity contribution in [3.8, 4) is 0 Å². The van der Waals surface area contributed by atoms with Crippen LogP contribution in [0.15, 0.2) is 112 Å². The van der Waals surface area contributed by atoms with Crippen molar-refractivity contribution in [1.82, 2.24) is 4.90 Å². The minimum atomic E-state index is -4.69. The molecule has 4 heterocycles. The number of epoxide rings is 2. The lowest BCUT2D eigenvalue weighted by molar-refractivity contribution is -0.148. The average molecular weight is 1060 g/mol. The van der Waals surface area contributed by atoms with Gasteiger partial charge in [0.15, 0.2) is 0 Å². The largest absolute Gasteiger partial charge is 0.505 e. The fourth-order valence-corrected chi connectivity index (χ4v) is 2.53. The molecule has 22 heteroatoms. The molecule has 18 nitrogen and oxygen atoms in total. The lowest BCUT2D eigenvalue weighted by atomic mass is 9.90. The van der Waals surface area contributed by atoms with Crippen molar-refractivity contribution >= 4 is 35.7 Å². The van der Waals surface area contributed by atoms with E-state index in [4.69, 9.17) is 23.7 Å². The van der Waals surface area contributed by atoms with Gasteiger partial charge in [0.25, 0.3) is 11.8 Å². The first kappa shape index (κ1) is 89.8. The van der Waals surface area contributed by atoms with E-state index in [0.29, 0.717) is 29.8 Å². The van der Waals surface area contributed by atoms with Crippen LogP contribution in [0, 0.1) is 5.41 Å². The molecule has 0 aromatic carbocycles. The molecule has 0 aromatic rings. The van der Waals surface area contributed by atoms with Crippen LogP contribution < -0.4 is 0 Å². The van der Waals surface area contributed by atoms with Crippen molar-refractivity contribution in [2.75, 3.05) is 110 Å². The highest BCUT2D eigenvalue weighted by atomic mass is 19.4. The first-order valence-electron chi connectivity index (χ1n) is 20.4. The minimum Gasteiger partial charge on any atom is -0.505 e. The van der Waals surface area contributed by atoms with Crippen LogP contribution in [0.3, 0.4) is 0 Å². The number of hydrogen-bond acceptors (Lipinski definition) is 17. The van der Waals surface area contributed by atoms with Crippen molar-refractivity contribution in [1.29, 1.82) is 0 Å². The number of carbonyl (C=O) groups is 6. The summed E-state index contributed by atoms with van der Waals surface area (Å²) < 4.78 is 95.1. The maximum atomic E-state index is 11.5. The number of esters is 4. The van der Waals surface area contributed by atoms with Crippen LogP contribution >= 0.6 is 0 Å². The molecule has 4 aliphatic heterocycles. The molecular formula is C51H89F4NO17. The first-order valence-corrected chi connectivity index (χ1v) is 20.4. The van der Waals surface area contributed by atoms with Gasteiger partial charge in [0.05, 0.1) is 94.2 Å². The van der Waals surface area contributed by atoms with Gasteiger partial charge in [0.2, 0.25) is 5.83 Å². The van der Waals surface area contributed by atoms with E-state index in [0.717, 1.165) is 64.8 Å². The lowest BCUT2D eigenvalue weighted by Crippen LogP contribution is -2.43. The second-order valence-electron chi connectivity index (χ2n) is 13.2. The molecule has 0 aliphatic carbocycles. The highest BCUT2D eigenvalue weighted by Gasteiger charge is 2.37. The Bertz CT molecular complexity index is 1500. The minimum absolute atomic E-state index is 0. The Hall–Kier alpha value is -6.04. The number of nitrogens with zero attached hydrogens (tertiary/aromatic N) is 1. The molecular weight excluding hydrogens is 975 g/mol. The molecule has 0 radical (unpaired) electrons. The highest BCUT2D eigenvalue weighted by molar-refractivity contribution is 6.12. The van der Waals surface area contributed by atoms with Crippen LogP contribution in [-0.4, -0.2) is 169 Å². The third-order valence-electron chi connectivity index (χ3n) is 6.21. The van der Waals surface area contributed by atoms with Gasteiger partial charge in [-0.1, -0.05) is 72.9 Å². The standard InChI is InChI=1S/C6H12O2.C5H5F3O2.C5H5NO2.C5H8O2.C4H5FO2.C4H8O2.C4H6O2.C4H8O.2C3H6O.2C3H6.2CH4/c1-6(3-7-2)4-8-5-6;1-3(4(9)10-2)5(6,7)8;1-6-4(7)2-3-5(6)8;1-4(2)5(6)7-3;1-3(5)4(6)7-2;1-5-2-4-3-6-4;1-3-4(5)6-2;1-3-4-5-2;1-3-2-4-3;1-3-4-2;2*1-3-2;;/h3-5H2,1-2H3;1H2,2H3;2-3H,1H3;1H2,2-3H3;1H2,2H3;4H,2-3H2,1H3;3H,1H2,2H3;3H,1,4H2,2H3;3H,2H2,1H3;3H,1H2,2H3;2*3H,1H2,2H3;2*1H4. The van der Waals surface area contributed by atoms with Crippen molar-refractivity contribution in [3.05, 3.63) is 112 Å². The first-order chi connectivity index (χ1) is 33.0. The monoisotopic (exact) mass is 1060 g/mol. The van der Waals surface area contributed by atoms with Crippen molar-refractivity contribution in [3.63, 3.8) is 0 Å². The number of rotatable bonds is 11. The van der Waals surface area contributed by atoms with Gasteiger partial charge in [0.1, 0.15) is 11.7 Å². The zero-order chi connectivity index (χ0) is 57.6. The third kappa shape index (κ3) is 77.6. The molecule has 4 rings (SSSR count). The van der Waals surface area contributed by atoms with E-state index >= 15 is 0 Å². The predicted octanol–water partition coefficient (Wildman–Crippen LogP) is 8.90. The molecule has 3 saturated heterocycles. The Labute approximate surface area is 433 Å². The molecule has 0 N–H and O–H groups in total. The van der Waals surface area contributed by atoms with E-state index < -0.39 is 35.5 Å². The van der Waals surface area contributed by atoms with Gasteiger partial charge in [-0.25, -0.2) is 19.2 Å². The zero-order valence-electron chi connectivity index (χ0n) is 44.2. The lowest BCUT2D eigenvalue weighted by Gasteiger charge is -2.37. The van der Waals surface area contributed by atoms with E-state index in [1.165, 1.54) is 39.7 Å². The Kier molecular flexibility index (Phi) is 76.4. The molecule has 0 saturated carbocycles. The number of allylic oxidation sites excluding steroid dienone is 2. The number of alkyl halides is 3. The molecule has 2 amide bonds. The summed E-state index contributed by atoms with van der Waals surface area (Å²) in [7, 11) is 12.7. The summed E-state index contributed by atoms with van der Waals surface area (Å²) >= 11 is 0. The Morgan fingerprint density at radius 1 is 0.753 bits per heavy atom. The molecule has 73 heavy (non-hydrogen) atoms. The van der Waals surface area contributed by atoms with Crippen molar-refractivity contribution in [2.45, 2.75) is 67.9 Å². The molecule has 2 atom stereocenters. The van der Waals surface area contributed by atoms with Gasteiger partial charge in [0, 0.05) is 57.6 Å². The Morgan fingerprint density at radius 3 is 1.19 bits per heavy atom. The molecule has 3 fully saturated rings. The Balaban J connectivity index is -0.0000000750. The van der Waals surface area contributed by atoms with Crippen LogP contribution in [0.2, 0.25) is 0 Å². The maximum Gasteiger partial charge on any atom is 0.422 e. The maximum absolute atomic E-state index is 11.5. The van der Waals surface area contributed by atoms with Crippen LogP contribution in [-0.2, 0) is 80.9 Å². The third-order valence-corrected chi connectivity index (χ3v) is 6.21. The number of likely N-dealkylation sites (N-methyl/N-ethyl adjacent to an activating group) is 1. The fourth-order valence-electron chi connectivity index (χ4n) is 2.53. The smallest absolute Gasteiger partial charge is 0.422 e. The zero-order valence-corrected chi connectivity index (χ0v) is 44.2. The van der Waals surface area contributed by atoms with Gasteiger partial charge >= 0.3 is 30.1 Å². The summed E-state index contributed by atoms with van der Waals surface area (Å²) in [6.07, 6.45) is 6.52. The van der Waals surface area contributed by atoms with Crippen LogP contribution in [0.1, 0.15) is 49.5 Å². The second kappa shape index (κ2) is 62.1. The number of ether oxygens (including phenoxy) is 11. The molecule has 4 aliphatic rings. The van der Waals surface area contributed by atoms with Crippen LogP contribution in [0.5, 0.6) is 0 Å². The van der Waals surface area contributed by atoms with Crippen LogP contribution in [0.25, 0.3) is 0 Å². The normalized spacial score (nSPS) is 14.1. The molecule has 2 unspecified atom stereocenters. The number of halogens is 4. The number of amides is 2. The number of carbonyl (C=O) groups excluding carboxylic acids is 6. The molecule has 0 aromatic heterocycles. The molecule has 0 spiro atoms. The van der Waals surface area contributed by atoms with Gasteiger partial charge < -0.3 is 52.1 Å².